The van der Waals surface area contributed by atoms with E-state index in [0.29, 0.717) is 16.8 Å². The van der Waals surface area contributed by atoms with Gasteiger partial charge < -0.3 is 9.88 Å². The number of amides is 1. The minimum atomic E-state index is -0.490. The van der Waals surface area contributed by atoms with Gasteiger partial charge in [0.05, 0.1) is 10.7 Å². The first-order chi connectivity index (χ1) is 14.0. The number of nitro groups is 1. The number of carbonyl (C=O) groups excluding carboxylic acids is 1. The Balaban J connectivity index is 1.45. The molecule has 1 aliphatic carbocycles. The maximum absolute atomic E-state index is 12.5. The maximum atomic E-state index is 12.5. The minimum absolute atomic E-state index is 0.106. The number of nitro benzene ring substituents is 1. The van der Waals surface area contributed by atoms with E-state index in [1.807, 2.05) is 11.4 Å². The van der Waals surface area contributed by atoms with Gasteiger partial charge in [0, 0.05) is 23.4 Å². The molecule has 1 fully saturated rings. The van der Waals surface area contributed by atoms with Gasteiger partial charge in [-0.25, -0.2) is 0 Å². The SMILES string of the molecule is Cc1cccc([N+](=O)[O-])c1NC(=O)CSc1nnc(Cc2cccs2)n1C1CC1. The fraction of sp³-hybridized carbons (Fsp3) is 0.316. The van der Waals surface area contributed by atoms with E-state index in [0.717, 1.165) is 25.1 Å². The van der Waals surface area contributed by atoms with Crippen LogP contribution in [-0.4, -0.2) is 31.3 Å². The molecule has 0 saturated heterocycles. The van der Waals surface area contributed by atoms with Crippen molar-refractivity contribution in [1.29, 1.82) is 0 Å². The van der Waals surface area contributed by atoms with Gasteiger partial charge in [0.2, 0.25) is 5.91 Å². The predicted octanol–water partition coefficient (Wildman–Crippen LogP) is 4.21. The normalized spacial score (nSPS) is 13.4. The zero-order chi connectivity index (χ0) is 20.4. The van der Waals surface area contributed by atoms with Crippen molar-refractivity contribution in [2.45, 2.75) is 37.4 Å². The van der Waals surface area contributed by atoms with Crippen LogP contribution in [0.1, 0.15) is 35.1 Å². The van der Waals surface area contributed by atoms with Crippen molar-refractivity contribution in [1.82, 2.24) is 14.8 Å². The second-order valence-corrected chi connectivity index (χ2v) is 8.79. The highest BCUT2D eigenvalue weighted by molar-refractivity contribution is 7.99. The monoisotopic (exact) mass is 429 g/mol. The van der Waals surface area contributed by atoms with Crippen LogP contribution in [0.4, 0.5) is 11.4 Å². The van der Waals surface area contributed by atoms with E-state index in [-0.39, 0.29) is 23.0 Å². The molecule has 0 aliphatic heterocycles. The van der Waals surface area contributed by atoms with Crippen molar-refractivity contribution in [3.8, 4) is 0 Å². The summed E-state index contributed by atoms with van der Waals surface area (Å²) in [6, 6.07) is 9.20. The molecule has 0 atom stereocenters. The second kappa shape index (κ2) is 8.34. The number of thiophene rings is 1. The summed E-state index contributed by atoms with van der Waals surface area (Å²) in [6.07, 6.45) is 2.90. The van der Waals surface area contributed by atoms with Crippen LogP contribution in [0.5, 0.6) is 0 Å². The first-order valence-corrected chi connectivity index (χ1v) is 11.0. The molecule has 0 radical (unpaired) electrons. The Bertz CT molecular complexity index is 1040. The molecule has 8 nitrogen and oxygen atoms in total. The summed E-state index contributed by atoms with van der Waals surface area (Å²) in [5, 5.41) is 25.3. The lowest BCUT2D eigenvalue weighted by molar-refractivity contribution is -0.384. The number of carbonyl (C=O) groups is 1. The molecule has 1 aliphatic rings. The van der Waals surface area contributed by atoms with Crippen molar-refractivity contribution in [2.75, 3.05) is 11.1 Å². The highest BCUT2D eigenvalue weighted by Crippen LogP contribution is 2.39. The van der Waals surface area contributed by atoms with E-state index in [4.69, 9.17) is 0 Å². The van der Waals surface area contributed by atoms with E-state index in [9.17, 15) is 14.9 Å². The molecule has 1 saturated carbocycles. The van der Waals surface area contributed by atoms with E-state index >= 15 is 0 Å². The van der Waals surface area contributed by atoms with Crippen molar-refractivity contribution in [3.63, 3.8) is 0 Å². The van der Waals surface area contributed by atoms with Gasteiger partial charge in [-0.2, -0.15) is 0 Å². The molecule has 0 bridgehead atoms. The summed E-state index contributed by atoms with van der Waals surface area (Å²) in [5.41, 5.74) is 0.782. The Morgan fingerprint density at radius 1 is 1.34 bits per heavy atom. The summed E-state index contributed by atoms with van der Waals surface area (Å²) in [6.45, 7) is 1.73. The number of aromatic nitrogens is 3. The molecule has 1 amide bonds. The van der Waals surface area contributed by atoms with Crippen LogP contribution in [0.2, 0.25) is 0 Å². The Morgan fingerprint density at radius 3 is 2.86 bits per heavy atom. The minimum Gasteiger partial charge on any atom is -0.319 e. The summed E-state index contributed by atoms with van der Waals surface area (Å²) in [7, 11) is 0. The molecule has 3 aromatic rings. The second-order valence-electron chi connectivity index (χ2n) is 6.82. The number of aryl methyl sites for hydroxylation is 1. The maximum Gasteiger partial charge on any atom is 0.293 e. The third-order valence-electron chi connectivity index (χ3n) is 4.60. The molecule has 2 aromatic heterocycles. The number of para-hydroxylation sites is 1. The highest BCUT2D eigenvalue weighted by atomic mass is 32.2. The summed E-state index contributed by atoms with van der Waals surface area (Å²) in [4.78, 5) is 24.4. The van der Waals surface area contributed by atoms with Gasteiger partial charge in [-0.1, -0.05) is 30.0 Å². The Labute approximate surface area is 175 Å². The van der Waals surface area contributed by atoms with E-state index in [1.54, 1.807) is 30.4 Å². The lowest BCUT2D eigenvalue weighted by Gasteiger charge is -2.10. The van der Waals surface area contributed by atoms with Gasteiger partial charge in [-0.15, -0.1) is 21.5 Å². The number of hydrogen-bond acceptors (Lipinski definition) is 7. The number of rotatable bonds is 8. The molecular weight excluding hydrogens is 410 g/mol. The number of hydrogen-bond donors (Lipinski definition) is 1. The van der Waals surface area contributed by atoms with Gasteiger partial charge in [0.15, 0.2) is 5.16 Å². The molecule has 29 heavy (non-hydrogen) atoms. The lowest BCUT2D eigenvalue weighted by Crippen LogP contribution is -2.16. The van der Waals surface area contributed by atoms with E-state index < -0.39 is 4.92 Å². The lowest BCUT2D eigenvalue weighted by atomic mass is 10.1. The Kier molecular flexibility index (Phi) is 5.63. The molecule has 10 heteroatoms. The van der Waals surface area contributed by atoms with Gasteiger partial charge in [0.1, 0.15) is 11.5 Å². The topological polar surface area (TPSA) is 103 Å². The molecule has 1 N–H and O–H groups in total. The first kappa shape index (κ1) is 19.6. The van der Waals surface area contributed by atoms with Crippen LogP contribution in [0, 0.1) is 17.0 Å². The third kappa shape index (κ3) is 4.48. The van der Waals surface area contributed by atoms with Gasteiger partial charge in [-0.05, 0) is 36.8 Å². The van der Waals surface area contributed by atoms with Crippen LogP contribution in [0.3, 0.4) is 0 Å². The quantitative estimate of drug-likeness (QED) is 0.327. The zero-order valence-corrected chi connectivity index (χ0v) is 17.3. The van der Waals surface area contributed by atoms with Gasteiger partial charge >= 0.3 is 0 Å². The van der Waals surface area contributed by atoms with Crippen molar-refractivity contribution >= 4 is 40.4 Å². The summed E-state index contributed by atoms with van der Waals surface area (Å²) < 4.78 is 2.13. The van der Waals surface area contributed by atoms with Crippen LogP contribution < -0.4 is 5.32 Å². The average Bonchev–Trinajstić information content (AvgIpc) is 3.24. The van der Waals surface area contributed by atoms with Crippen molar-refractivity contribution in [3.05, 3.63) is 62.1 Å². The van der Waals surface area contributed by atoms with Crippen molar-refractivity contribution < 1.29 is 9.72 Å². The predicted molar refractivity (Wildman–Crippen MR) is 113 cm³/mol. The number of benzene rings is 1. The molecule has 4 rings (SSSR count). The Morgan fingerprint density at radius 2 is 2.17 bits per heavy atom. The molecule has 0 spiro atoms. The summed E-state index contributed by atoms with van der Waals surface area (Å²) in [5.74, 6) is 0.708. The smallest absolute Gasteiger partial charge is 0.293 e. The van der Waals surface area contributed by atoms with Crippen LogP contribution >= 0.6 is 23.1 Å². The number of thioether (sulfide) groups is 1. The molecule has 1 aromatic carbocycles. The largest absolute Gasteiger partial charge is 0.319 e. The van der Waals surface area contributed by atoms with Crippen LogP contribution in [0.15, 0.2) is 40.9 Å². The molecule has 150 valence electrons. The number of anilines is 1. The highest BCUT2D eigenvalue weighted by Gasteiger charge is 2.30. The third-order valence-corrected chi connectivity index (χ3v) is 6.42. The van der Waals surface area contributed by atoms with Crippen molar-refractivity contribution in [2.24, 2.45) is 0 Å². The number of nitrogens with zero attached hydrogens (tertiary/aromatic N) is 4. The molecular formula is C19H19N5O3S2. The first-order valence-electron chi connectivity index (χ1n) is 9.15. The molecule has 0 unspecified atom stereocenters. The average molecular weight is 430 g/mol. The van der Waals surface area contributed by atoms with Gasteiger partial charge in [-0.3, -0.25) is 14.9 Å². The zero-order valence-electron chi connectivity index (χ0n) is 15.7. The van der Waals surface area contributed by atoms with Gasteiger partial charge in [0.25, 0.3) is 5.69 Å². The number of nitrogens with one attached hydrogen (secondary N) is 1. The fourth-order valence-electron chi connectivity index (χ4n) is 3.07. The summed E-state index contributed by atoms with van der Waals surface area (Å²) >= 11 is 2.99. The van der Waals surface area contributed by atoms with Crippen LogP contribution in [-0.2, 0) is 11.2 Å². The van der Waals surface area contributed by atoms with E-state index in [1.165, 1.54) is 22.7 Å². The van der Waals surface area contributed by atoms with Crippen LogP contribution in [0.25, 0.3) is 0 Å². The Hall–Kier alpha value is -2.72. The van der Waals surface area contributed by atoms with E-state index in [2.05, 4.69) is 26.1 Å². The standard InChI is InChI=1S/C19H19N5O3S2/c1-12-4-2-6-15(24(26)27)18(12)20-17(25)11-29-19-22-21-16(23(19)13-7-8-13)10-14-5-3-9-28-14/h2-6,9,13H,7-8,10-11H2,1H3,(H,20,25). The molecule has 2 heterocycles. The fourth-order valence-corrected chi connectivity index (χ4v) is 4.59.